The van der Waals surface area contributed by atoms with Crippen LogP contribution in [0.15, 0.2) is 34.7 Å². The Hall–Kier alpha value is -1.09. The normalized spacial score (nSPS) is 10.7. The van der Waals surface area contributed by atoms with Crippen molar-refractivity contribution < 1.29 is 4.79 Å². The topological polar surface area (TPSA) is 47.9 Å². The molecule has 1 rings (SSSR count). The van der Waals surface area contributed by atoms with Gasteiger partial charge in [-0.15, -0.1) is 35.3 Å². The number of rotatable bonds is 7. The number of amides is 1. The van der Waals surface area contributed by atoms with E-state index in [2.05, 4.69) is 34.4 Å². The predicted octanol–water partition coefficient (Wildman–Crippen LogP) is 2.45. The molecule has 0 aliphatic rings. The number of nitrogens with one attached hydrogen (secondary N) is 1. The van der Waals surface area contributed by atoms with Gasteiger partial charge in [0.2, 0.25) is 5.91 Å². The highest BCUT2D eigenvalue weighted by atomic mass is 127. The number of halogens is 1. The van der Waals surface area contributed by atoms with Gasteiger partial charge in [-0.3, -0.25) is 4.79 Å². The van der Waals surface area contributed by atoms with Gasteiger partial charge >= 0.3 is 0 Å². The zero-order chi connectivity index (χ0) is 16.5. The van der Waals surface area contributed by atoms with Crippen LogP contribution in [0, 0.1) is 0 Å². The molecular weight excluding hydrogens is 423 g/mol. The summed E-state index contributed by atoms with van der Waals surface area (Å²) < 4.78 is 0. The third-order valence-corrected chi connectivity index (χ3v) is 3.90. The number of hydrogen-bond acceptors (Lipinski definition) is 3. The maximum absolute atomic E-state index is 11.7. The molecule has 130 valence electrons. The van der Waals surface area contributed by atoms with Crippen LogP contribution in [0.5, 0.6) is 0 Å². The molecule has 1 heterocycles. The minimum absolute atomic E-state index is 0. The highest BCUT2D eigenvalue weighted by Crippen LogP contribution is 2.08. The van der Waals surface area contributed by atoms with Crippen molar-refractivity contribution in [1.29, 1.82) is 0 Å². The number of carbonyl (C=O) groups is 1. The summed E-state index contributed by atoms with van der Waals surface area (Å²) in [4.78, 5) is 21.0. The summed E-state index contributed by atoms with van der Waals surface area (Å²) in [5, 5.41) is 5.40. The van der Waals surface area contributed by atoms with Gasteiger partial charge in [0.1, 0.15) is 6.54 Å². The molecule has 1 amide bonds. The summed E-state index contributed by atoms with van der Waals surface area (Å²) in [5.74, 6) is 0.719. The maximum atomic E-state index is 11.7. The molecule has 0 spiro atoms. The molecule has 1 aromatic rings. The fourth-order valence-corrected chi connectivity index (χ4v) is 2.54. The number of nitrogens with zero attached hydrogens (tertiary/aromatic N) is 3. The lowest BCUT2D eigenvalue weighted by molar-refractivity contribution is -0.127. The Morgan fingerprint density at radius 2 is 2.09 bits per heavy atom. The fourth-order valence-electron chi connectivity index (χ4n) is 1.83. The molecule has 0 aliphatic carbocycles. The van der Waals surface area contributed by atoms with Crippen LogP contribution >= 0.6 is 35.3 Å². The van der Waals surface area contributed by atoms with Crippen molar-refractivity contribution in [3.05, 3.63) is 34.5 Å². The van der Waals surface area contributed by atoms with E-state index in [1.807, 2.05) is 18.9 Å². The average Bonchev–Trinajstić information content (AvgIpc) is 2.94. The molecule has 0 saturated heterocycles. The van der Waals surface area contributed by atoms with Crippen LogP contribution < -0.4 is 5.32 Å². The van der Waals surface area contributed by atoms with Crippen molar-refractivity contribution in [2.45, 2.75) is 13.3 Å². The zero-order valence-electron chi connectivity index (χ0n) is 14.3. The van der Waals surface area contributed by atoms with Crippen LogP contribution in [-0.2, 0) is 11.2 Å². The first kappa shape index (κ1) is 21.9. The largest absolute Gasteiger partial charge is 0.356 e. The van der Waals surface area contributed by atoms with Gasteiger partial charge in [-0.25, -0.2) is 4.99 Å². The lowest BCUT2D eigenvalue weighted by Gasteiger charge is -2.22. The molecule has 0 unspecified atom stereocenters. The molecule has 1 aromatic heterocycles. The van der Waals surface area contributed by atoms with Crippen LogP contribution in [0.4, 0.5) is 0 Å². The molecule has 1 N–H and O–H groups in total. The maximum Gasteiger partial charge on any atom is 0.243 e. The number of thiophene rings is 1. The van der Waals surface area contributed by atoms with Gasteiger partial charge in [0.15, 0.2) is 5.96 Å². The van der Waals surface area contributed by atoms with E-state index in [1.54, 1.807) is 30.3 Å². The first-order valence-corrected chi connectivity index (χ1v) is 8.14. The highest BCUT2D eigenvalue weighted by molar-refractivity contribution is 14.0. The highest BCUT2D eigenvalue weighted by Gasteiger charge is 2.09. The molecular formula is C16H27IN4OS. The number of hydrogen-bond donors (Lipinski definition) is 1. The molecule has 0 radical (unpaired) electrons. The monoisotopic (exact) mass is 450 g/mol. The van der Waals surface area contributed by atoms with E-state index in [4.69, 9.17) is 0 Å². The number of carbonyl (C=O) groups excluding carboxylic acids is 1. The molecule has 0 atom stereocenters. The quantitative estimate of drug-likeness (QED) is 0.301. The Balaban J connectivity index is 0.00000484. The second-order valence-corrected chi connectivity index (χ2v) is 6.53. The van der Waals surface area contributed by atoms with Crippen molar-refractivity contribution in [1.82, 2.24) is 15.1 Å². The summed E-state index contributed by atoms with van der Waals surface area (Å²) in [7, 11) is 5.42. The van der Waals surface area contributed by atoms with Crippen molar-refractivity contribution >= 4 is 47.2 Å². The molecule has 0 bridgehead atoms. The third kappa shape index (κ3) is 8.95. The van der Waals surface area contributed by atoms with Crippen molar-refractivity contribution in [3.63, 3.8) is 0 Å². The van der Waals surface area contributed by atoms with Gasteiger partial charge in [-0.2, -0.15) is 0 Å². The Morgan fingerprint density at radius 3 is 2.61 bits per heavy atom. The second kappa shape index (κ2) is 11.4. The zero-order valence-corrected chi connectivity index (χ0v) is 17.5. The summed E-state index contributed by atoms with van der Waals surface area (Å²) in [5.41, 5.74) is 1.05. The van der Waals surface area contributed by atoms with Crippen LogP contribution in [-0.4, -0.2) is 62.4 Å². The van der Waals surface area contributed by atoms with Gasteiger partial charge in [0.05, 0.1) is 0 Å². The lowest BCUT2D eigenvalue weighted by atomic mass is 10.3. The van der Waals surface area contributed by atoms with Crippen molar-refractivity contribution in [3.8, 4) is 0 Å². The number of guanidine groups is 1. The van der Waals surface area contributed by atoms with Gasteiger partial charge in [0.25, 0.3) is 0 Å². The SMILES string of the molecule is C=C(C)CN(C)C(=NCC(=O)N(C)C)NCCc1cccs1.I. The van der Waals surface area contributed by atoms with Gasteiger partial charge in [0, 0.05) is 39.1 Å². The minimum atomic E-state index is -0.0127. The van der Waals surface area contributed by atoms with Crippen molar-refractivity contribution in [2.24, 2.45) is 4.99 Å². The lowest BCUT2D eigenvalue weighted by Crippen LogP contribution is -2.41. The Labute approximate surface area is 160 Å². The number of aliphatic imine (C=N–C) groups is 1. The third-order valence-electron chi connectivity index (χ3n) is 2.97. The Bertz CT molecular complexity index is 514. The smallest absolute Gasteiger partial charge is 0.243 e. The summed E-state index contributed by atoms with van der Waals surface area (Å²) >= 11 is 1.75. The average molecular weight is 450 g/mol. The summed E-state index contributed by atoms with van der Waals surface area (Å²) in [6, 6.07) is 4.17. The number of likely N-dealkylation sites (N-methyl/N-ethyl adjacent to an activating group) is 2. The molecule has 5 nitrogen and oxygen atoms in total. The fraction of sp³-hybridized carbons (Fsp3) is 0.500. The Kier molecular flexibility index (Phi) is 10.9. The molecule has 0 aliphatic heterocycles. The van der Waals surface area contributed by atoms with E-state index in [9.17, 15) is 4.79 Å². The van der Waals surface area contributed by atoms with E-state index >= 15 is 0 Å². The van der Waals surface area contributed by atoms with E-state index in [0.717, 1.165) is 24.5 Å². The summed E-state index contributed by atoms with van der Waals surface area (Å²) in [6.45, 7) is 7.55. The van der Waals surface area contributed by atoms with Crippen LogP contribution in [0.2, 0.25) is 0 Å². The van der Waals surface area contributed by atoms with E-state index in [0.29, 0.717) is 6.54 Å². The van der Waals surface area contributed by atoms with E-state index in [-0.39, 0.29) is 36.4 Å². The minimum Gasteiger partial charge on any atom is -0.356 e. The van der Waals surface area contributed by atoms with E-state index in [1.165, 1.54) is 4.88 Å². The van der Waals surface area contributed by atoms with Gasteiger partial charge in [-0.1, -0.05) is 18.2 Å². The van der Waals surface area contributed by atoms with Crippen LogP contribution in [0.1, 0.15) is 11.8 Å². The standard InChI is InChI=1S/C16H26N4OS.HI/c1-13(2)12-20(5)16(18-11-15(21)19(3)4)17-9-8-14-7-6-10-22-14;/h6-7,10H,1,8-9,11-12H2,2-5H3,(H,17,18);1H. The molecule has 0 aromatic carbocycles. The van der Waals surface area contributed by atoms with Crippen LogP contribution in [0.3, 0.4) is 0 Å². The Morgan fingerprint density at radius 1 is 1.39 bits per heavy atom. The molecule has 0 saturated carbocycles. The van der Waals surface area contributed by atoms with Crippen LogP contribution in [0.25, 0.3) is 0 Å². The molecule has 0 fully saturated rings. The summed E-state index contributed by atoms with van der Waals surface area (Å²) in [6.07, 6.45) is 0.944. The van der Waals surface area contributed by atoms with Crippen molar-refractivity contribution in [2.75, 3.05) is 40.8 Å². The predicted molar refractivity (Wildman–Crippen MR) is 110 cm³/mol. The first-order chi connectivity index (χ1) is 10.4. The first-order valence-electron chi connectivity index (χ1n) is 7.26. The van der Waals surface area contributed by atoms with Gasteiger partial charge < -0.3 is 15.1 Å². The van der Waals surface area contributed by atoms with Gasteiger partial charge in [-0.05, 0) is 24.8 Å². The van der Waals surface area contributed by atoms with E-state index < -0.39 is 0 Å². The molecule has 7 heteroatoms. The molecule has 23 heavy (non-hydrogen) atoms. The second-order valence-electron chi connectivity index (χ2n) is 5.50.